The summed E-state index contributed by atoms with van der Waals surface area (Å²) < 4.78 is 5.52. The molecular formula is C25H31N7O2. The molecule has 9 nitrogen and oxygen atoms in total. The Balaban J connectivity index is 1.36. The van der Waals surface area contributed by atoms with Crippen LogP contribution in [-0.4, -0.2) is 60.1 Å². The Morgan fingerprint density at radius 1 is 1.18 bits per heavy atom. The van der Waals surface area contributed by atoms with Crippen LogP contribution in [0.1, 0.15) is 48.8 Å². The number of benzene rings is 1. The summed E-state index contributed by atoms with van der Waals surface area (Å²) in [7, 11) is 0. The van der Waals surface area contributed by atoms with Crippen molar-refractivity contribution in [1.29, 1.82) is 0 Å². The minimum absolute atomic E-state index is 0.0928. The molecular weight excluding hydrogens is 430 g/mol. The number of nitrogens with zero attached hydrogens (tertiary/aromatic N) is 5. The number of aliphatic imine (C=N–C) groups is 1. The molecule has 9 heteroatoms. The number of nitrogens with one attached hydrogen (secondary N) is 2. The highest BCUT2D eigenvalue weighted by Gasteiger charge is 2.30. The third-order valence-electron chi connectivity index (χ3n) is 6.48. The molecule has 1 aliphatic carbocycles. The SMILES string of the molecule is Cc1cccc(/C=N/Nc2nc3c(c(N4CCOCC4)n2)CC(C(=O)NC2CCCCC2)=N3)c1. The number of hydrogen-bond donors (Lipinski definition) is 2. The van der Waals surface area contributed by atoms with Crippen LogP contribution in [0.2, 0.25) is 0 Å². The number of hydrazone groups is 1. The fourth-order valence-electron chi connectivity index (χ4n) is 4.69. The van der Waals surface area contributed by atoms with Gasteiger partial charge in [-0.2, -0.15) is 15.1 Å². The molecule has 2 fully saturated rings. The van der Waals surface area contributed by atoms with Gasteiger partial charge in [-0.3, -0.25) is 4.79 Å². The van der Waals surface area contributed by atoms with Crippen molar-refractivity contribution >= 4 is 35.4 Å². The van der Waals surface area contributed by atoms with Crippen molar-refractivity contribution < 1.29 is 9.53 Å². The van der Waals surface area contributed by atoms with Gasteiger partial charge in [-0.05, 0) is 25.3 Å². The second-order valence-electron chi connectivity index (χ2n) is 9.10. The van der Waals surface area contributed by atoms with E-state index < -0.39 is 0 Å². The van der Waals surface area contributed by atoms with Crippen LogP contribution in [-0.2, 0) is 16.0 Å². The molecule has 1 saturated heterocycles. The first kappa shape index (κ1) is 22.5. The molecule has 0 spiro atoms. The van der Waals surface area contributed by atoms with Crippen LogP contribution in [0.25, 0.3) is 0 Å². The van der Waals surface area contributed by atoms with E-state index in [-0.39, 0.29) is 11.9 Å². The predicted octanol–water partition coefficient (Wildman–Crippen LogP) is 3.15. The Morgan fingerprint density at radius 3 is 2.79 bits per heavy atom. The van der Waals surface area contributed by atoms with Gasteiger partial charge in [0.2, 0.25) is 5.95 Å². The summed E-state index contributed by atoms with van der Waals surface area (Å²) in [5.74, 6) is 1.61. The number of anilines is 2. The molecule has 2 N–H and O–H groups in total. The zero-order valence-electron chi connectivity index (χ0n) is 19.6. The minimum Gasteiger partial charge on any atom is -0.378 e. The van der Waals surface area contributed by atoms with Crippen LogP contribution >= 0.6 is 0 Å². The summed E-state index contributed by atoms with van der Waals surface area (Å²) in [6, 6.07) is 8.32. The van der Waals surface area contributed by atoms with E-state index in [0.717, 1.165) is 42.9 Å². The second kappa shape index (κ2) is 10.3. The van der Waals surface area contributed by atoms with E-state index in [1.807, 2.05) is 25.1 Å². The number of rotatable bonds is 6. The van der Waals surface area contributed by atoms with Crippen molar-refractivity contribution in [2.45, 2.75) is 51.5 Å². The van der Waals surface area contributed by atoms with Crippen molar-refractivity contribution in [3.63, 3.8) is 0 Å². The third-order valence-corrected chi connectivity index (χ3v) is 6.48. The zero-order chi connectivity index (χ0) is 23.3. The molecule has 3 aliphatic rings. The molecule has 1 aromatic heterocycles. The number of aromatic nitrogens is 2. The maximum atomic E-state index is 12.9. The van der Waals surface area contributed by atoms with Crippen LogP contribution in [0.5, 0.6) is 0 Å². The lowest BCUT2D eigenvalue weighted by Crippen LogP contribution is -2.40. The van der Waals surface area contributed by atoms with Gasteiger partial charge in [0.05, 0.1) is 19.4 Å². The maximum Gasteiger partial charge on any atom is 0.266 e. The molecule has 0 atom stereocenters. The number of hydrogen-bond acceptors (Lipinski definition) is 8. The first-order valence-electron chi connectivity index (χ1n) is 12.1. The van der Waals surface area contributed by atoms with E-state index in [1.54, 1.807) is 6.21 Å². The molecule has 1 saturated carbocycles. The van der Waals surface area contributed by atoms with Crippen molar-refractivity contribution in [3.8, 4) is 0 Å². The molecule has 1 amide bonds. The van der Waals surface area contributed by atoms with Crippen LogP contribution in [0.15, 0.2) is 34.4 Å². The number of amides is 1. The van der Waals surface area contributed by atoms with Gasteiger partial charge in [-0.1, -0.05) is 49.1 Å². The average Bonchev–Trinajstić information content (AvgIpc) is 3.29. The standard InChI is InChI=1S/C25H31N7O2/c1-17-6-5-7-18(14-17)16-26-31-25-29-22-20(23(30-25)32-10-12-34-13-11-32)15-21(28-22)24(33)27-19-8-3-2-4-9-19/h5-7,14,16,19H,2-4,8-13,15H2,1H3,(H,27,33)(H,29,30,31)/b26-16+. The highest BCUT2D eigenvalue weighted by molar-refractivity contribution is 6.41. The zero-order valence-corrected chi connectivity index (χ0v) is 19.6. The molecule has 2 aromatic rings. The molecule has 0 bridgehead atoms. The summed E-state index contributed by atoms with van der Waals surface area (Å²) in [5.41, 5.74) is 6.50. The summed E-state index contributed by atoms with van der Waals surface area (Å²) in [6.45, 7) is 4.80. The minimum atomic E-state index is -0.0928. The van der Waals surface area contributed by atoms with E-state index in [1.165, 1.54) is 24.8 Å². The van der Waals surface area contributed by atoms with Gasteiger partial charge in [0.15, 0.2) is 5.82 Å². The van der Waals surface area contributed by atoms with Crippen LogP contribution in [0.3, 0.4) is 0 Å². The fraction of sp³-hybridized carbons (Fsp3) is 0.480. The highest BCUT2D eigenvalue weighted by atomic mass is 16.5. The molecule has 0 radical (unpaired) electrons. The summed E-state index contributed by atoms with van der Waals surface area (Å²) in [4.78, 5) is 29.1. The molecule has 2 aliphatic heterocycles. The Labute approximate surface area is 199 Å². The molecule has 1 aromatic carbocycles. The smallest absolute Gasteiger partial charge is 0.266 e. The van der Waals surface area contributed by atoms with Crippen molar-refractivity contribution in [3.05, 3.63) is 41.0 Å². The second-order valence-corrected chi connectivity index (χ2v) is 9.10. The Bertz CT molecular complexity index is 1100. The number of morpholine rings is 1. The fourth-order valence-corrected chi connectivity index (χ4v) is 4.69. The molecule has 34 heavy (non-hydrogen) atoms. The maximum absolute atomic E-state index is 12.9. The van der Waals surface area contributed by atoms with Crippen molar-refractivity contribution in [2.24, 2.45) is 10.1 Å². The number of carbonyl (C=O) groups excluding carboxylic acids is 1. The van der Waals surface area contributed by atoms with Gasteiger partial charge in [0.25, 0.3) is 5.91 Å². The van der Waals surface area contributed by atoms with Crippen molar-refractivity contribution in [1.82, 2.24) is 15.3 Å². The van der Waals surface area contributed by atoms with Gasteiger partial charge in [0, 0.05) is 31.1 Å². The number of fused-ring (bicyclic) bond motifs is 1. The molecule has 0 unspecified atom stereocenters. The van der Waals surface area contributed by atoms with E-state index >= 15 is 0 Å². The van der Waals surface area contributed by atoms with E-state index in [4.69, 9.17) is 9.72 Å². The normalized spacial score (nSPS) is 18.6. The van der Waals surface area contributed by atoms with Gasteiger partial charge in [-0.15, -0.1) is 0 Å². The Kier molecular flexibility index (Phi) is 6.80. The van der Waals surface area contributed by atoms with Crippen LogP contribution in [0, 0.1) is 6.92 Å². The van der Waals surface area contributed by atoms with Crippen LogP contribution < -0.4 is 15.6 Å². The first-order chi connectivity index (χ1) is 16.7. The summed E-state index contributed by atoms with van der Waals surface area (Å²) in [6.07, 6.45) is 7.84. The van der Waals surface area contributed by atoms with Crippen molar-refractivity contribution in [2.75, 3.05) is 36.6 Å². The number of ether oxygens (including phenoxy) is 1. The van der Waals surface area contributed by atoms with Gasteiger partial charge >= 0.3 is 0 Å². The Morgan fingerprint density at radius 2 is 2.00 bits per heavy atom. The average molecular weight is 462 g/mol. The van der Waals surface area contributed by atoms with Gasteiger partial charge < -0.3 is 15.0 Å². The number of aryl methyl sites for hydroxylation is 1. The third kappa shape index (κ3) is 5.25. The lowest BCUT2D eigenvalue weighted by molar-refractivity contribution is -0.115. The molecule has 5 rings (SSSR count). The predicted molar refractivity (Wildman–Crippen MR) is 133 cm³/mol. The van der Waals surface area contributed by atoms with Gasteiger partial charge in [0.1, 0.15) is 11.5 Å². The highest BCUT2D eigenvalue weighted by Crippen LogP contribution is 2.34. The first-order valence-corrected chi connectivity index (χ1v) is 12.1. The quantitative estimate of drug-likeness (QED) is 0.506. The van der Waals surface area contributed by atoms with Crippen LogP contribution in [0.4, 0.5) is 17.6 Å². The van der Waals surface area contributed by atoms with E-state index in [2.05, 4.69) is 36.8 Å². The number of carbonyl (C=O) groups is 1. The monoisotopic (exact) mass is 461 g/mol. The molecule has 3 heterocycles. The summed E-state index contributed by atoms with van der Waals surface area (Å²) >= 11 is 0. The largest absolute Gasteiger partial charge is 0.378 e. The van der Waals surface area contributed by atoms with Gasteiger partial charge in [-0.25, -0.2) is 10.4 Å². The molecule has 178 valence electrons. The van der Waals surface area contributed by atoms with E-state index in [9.17, 15) is 4.79 Å². The summed E-state index contributed by atoms with van der Waals surface area (Å²) in [5, 5.41) is 7.50. The lowest BCUT2D eigenvalue weighted by Gasteiger charge is -2.29. The Hall–Kier alpha value is -3.33. The lowest BCUT2D eigenvalue weighted by atomic mass is 9.95. The van der Waals surface area contributed by atoms with E-state index in [0.29, 0.717) is 37.1 Å². The topological polar surface area (TPSA) is 104 Å².